The van der Waals surface area contributed by atoms with Crippen molar-refractivity contribution in [2.75, 3.05) is 13.2 Å². The standard InChI is InChI=1S/C39H76O5Si/c1-7-9-21-27-35-31-36(35)28-23-18-14-12-16-19-24-29-38(40)42-32-37(33-43-45(4,5)6)44-39(41)30-25-20-15-11-10-13-17-22-26-34(3)8-2/h34-37H,7-33H2,1-6H3/t34?,35-,36+,37?/m0/s1. The molecule has 0 saturated heterocycles. The smallest absolute Gasteiger partial charge is 0.306 e. The number of carbonyl (C=O) groups excluding carboxylic acids is 2. The monoisotopic (exact) mass is 653 g/mol. The third kappa shape index (κ3) is 26.8. The molecular weight excluding hydrogens is 577 g/mol. The van der Waals surface area contributed by atoms with E-state index in [9.17, 15) is 9.59 Å². The van der Waals surface area contributed by atoms with Gasteiger partial charge in [-0.3, -0.25) is 9.59 Å². The summed E-state index contributed by atoms with van der Waals surface area (Å²) in [5.74, 6) is 2.56. The lowest BCUT2D eigenvalue weighted by molar-refractivity contribution is -0.161. The van der Waals surface area contributed by atoms with Gasteiger partial charge in [0, 0.05) is 12.8 Å². The molecule has 0 aromatic carbocycles. The van der Waals surface area contributed by atoms with Gasteiger partial charge in [0.25, 0.3) is 0 Å². The Hall–Kier alpha value is -0.883. The van der Waals surface area contributed by atoms with E-state index in [1.165, 1.54) is 122 Å². The van der Waals surface area contributed by atoms with Crippen LogP contribution in [0.1, 0.15) is 181 Å². The highest BCUT2D eigenvalue weighted by atomic mass is 28.4. The third-order valence-electron chi connectivity index (χ3n) is 9.66. The Morgan fingerprint density at radius 2 is 1.13 bits per heavy atom. The Labute approximate surface area is 281 Å². The van der Waals surface area contributed by atoms with Crippen molar-refractivity contribution in [3.63, 3.8) is 0 Å². The zero-order valence-electron chi connectivity index (χ0n) is 30.9. The van der Waals surface area contributed by atoms with Crippen molar-refractivity contribution in [2.45, 2.75) is 207 Å². The van der Waals surface area contributed by atoms with Crippen molar-refractivity contribution in [1.29, 1.82) is 0 Å². The van der Waals surface area contributed by atoms with E-state index in [0.29, 0.717) is 19.4 Å². The van der Waals surface area contributed by atoms with Gasteiger partial charge < -0.3 is 13.9 Å². The van der Waals surface area contributed by atoms with Gasteiger partial charge in [-0.15, -0.1) is 0 Å². The fourth-order valence-corrected chi connectivity index (χ4v) is 6.91. The van der Waals surface area contributed by atoms with Crippen LogP contribution in [-0.2, 0) is 23.5 Å². The van der Waals surface area contributed by atoms with Gasteiger partial charge >= 0.3 is 11.9 Å². The van der Waals surface area contributed by atoms with Crippen LogP contribution in [0.2, 0.25) is 19.6 Å². The average molecular weight is 653 g/mol. The van der Waals surface area contributed by atoms with E-state index < -0.39 is 14.4 Å². The van der Waals surface area contributed by atoms with Crippen LogP contribution < -0.4 is 0 Å². The van der Waals surface area contributed by atoms with E-state index in [4.69, 9.17) is 13.9 Å². The number of hydrogen-bond donors (Lipinski definition) is 0. The molecule has 0 bridgehead atoms. The van der Waals surface area contributed by atoms with Crippen molar-refractivity contribution >= 4 is 20.3 Å². The molecular formula is C39H76O5Si. The molecule has 0 heterocycles. The molecule has 0 amide bonds. The first-order chi connectivity index (χ1) is 21.6. The highest BCUT2D eigenvalue weighted by Gasteiger charge is 2.35. The average Bonchev–Trinajstić information content (AvgIpc) is 3.75. The van der Waals surface area contributed by atoms with Gasteiger partial charge in [0.2, 0.25) is 0 Å². The molecule has 0 spiro atoms. The maximum absolute atomic E-state index is 12.5. The lowest BCUT2D eigenvalue weighted by Crippen LogP contribution is -2.35. The first kappa shape index (κ1) is 42.1. The molecule has 0 aromatic rings. The summed E-state index contributed by atoms with van der Waals surface area (Å²) in [5.41, 5.74) is 0. The highest BCUT2D eigenvalue weighted by molar-refractivity contribution is 6.69. The molecule has 0 N–H and O–H groups in total. The number of esters is 2. The van der Waals surface area contributed by atoms with Crippen LogP contribution in [0.25, 0.3) is 0 Å². The van der Waals surface area contributed by atoms with Crippen LogP contribution in [0.4, 0.5) is 0 Å². The van der Waals surface area contributed by atoms with Gasteiger partial charge in [-0.25, -0.2) is 0 Å². The second kappa shape index (κ2) is 27.1. The Kier molecular flexibility index (Phi) is 25.4. The largest absolute Gasteiger partial charge is 0.462 e. The van der Waals surface area contributed by atoms with Gasteiger partial charge in [0.05, 0.1) is 6.61 Å². The minimum Gasteiger partial charge on any atom is -0.462 e. The van der Waals surface area contributed by atoms with Gasteiger partial charge in [-0.05, 0) is 56.7 Å². The molecule has 266 valence electrons. The van der Waals surface area contributed by atoms with Crippen LogP contribution in [0, 0.1) is 17.8 Å². The van der Waals surface area contributed by atoms with E-state index in [0.717, 1.165) is 43.4 Å². The van der Waals surface area contributed by atoms with Gasteiger partial charge in [0.15, 0.2) is 14.4 Å². The van der Waals surface area contributed by atoms with E-state index >= 15 is 0 Å². The van der Waals surface area contributed by atoms with Crippen molar-refractivity contribution in [2.24, 2.45) is 17.8 Å². The Balaban J connectivity index is 2.08. The zero-order valence-corrected chi connectivity index (χ0v) is 31.9. The molecule has 0 radical (unpaired) electrons. The maximum atomic E-state index is 12.5. The summed E-state index contributed by atoms with van der Waals surface area (Å²) in [6.07, 6.45) is 29.7. The van der Waals surface area contributed by atoms with Gasteiger partial charge in [-0.1, -0.05) is 149 Å². The summed E-state index contributed by atoms with van der Waals surface area (Å²) in [5, 5.41) is 0. The Bertz CT molecular complexity index is 721. The second-order valence-corrected chi connectivity index (χ2v) is 19.9. The quantitative estimate of drug-likeness (QED) is 0.0411. The SMILES string of the molecule is CCCCC[C@H]1C[C@H]1CCCCCCCCCC(=O)OCC(CO[Si](C)(C)C)OC(=O)CCCCCCCCCCC(C)CC. The first-order valence-corrected chi connectivity index (χ1v) is 23.0. The number of unbranched alkanes of at least 4 members (excludes halogenated alkanes) is 15. The predicted octanol–water partition coefficient (Wildman–Crippen LogP) is 12.0. The Morgan fingerprint density at radius 3 is 1.67 bits per heavy atom. The molecule has 6 heteroatoms. The Morgan fingerprint density at radius 1 is 0.644 bits per heavy atom. The molecule has 1 fully saturated rings. The number of hydrogen-bond acceptors (Lipinski definition) is 5. The summed E-state index contributed by atoms with van der Waals surface area (Å²) < 4.78 is 17.3. The molecule has 0 aliphatic heterocycles. The fraction of sp³-hybridized carbons (Fsp3) is 0.949. The maximum Gasteiger partial charge on any atom is 0.306 e. The minimum atomic E-state index is -1.77. The second-order valence-electron chi connectivity index (χ2n) is 15.4. The first-order valence-electron chi connectivity index (χ1n) is 19.6. The van der Waals surface area contributed by atoms with Crippen LogP contribution >= 0.6 is 0 Å². The molecule has 45 heavy (non-hydrogen) atoms. The number of rotatable bonds is 32. The zero-order chi connectivity index (χ0) is 33.2. The van der Waals surface area contributed by atoms with Crippen LogP contribution in [0.3, 0.4) is 0 Å². The van der Waals surface area contributed by atoms with Crippen molar-refractivity contribution < 1.29 is 23.5 Å². The number of ether oxygens (including phenoxy) is 2. The van der Waals surface area contributed by atoms with E-state index in [1.54, 1.807) is 0 Å². The minimum absolute atomic E-state index is 0.0898. The van der Waals surface area contributed by atoms with Gasteiger partial charge in [0.1, 0.15) is 6.61 Å². The topological polar surface area (TPSA) is 61.8 Å². The van der Waals surface area contributed by atoms with Crippen LogP contribution in [0.15, 0.2) is 0 Å². The molecule has 0 aromatic heterocycles. The molecule has 4 atom stereocenters. The van der Waals surface area contributed by atoms with Gasteiger partial charge in [-0.2, -0.15) is 0 Å². The normalized spacial score (nSPS) is 17.6. The molecule has 1 aliphatic carbocycles. The lowest BCUT2D eigenvalue weighted by Gasteiger charge is -2.23. The summed E-state index contributed by atoms with van der Waals surface area (Å²) in [6.45, 7) is 13.6. The van der Waals surface area contributed by atoms with Crippen LogP contribution in [-0.4, -0.2) is 39.6 Å². The van der Waals surface area contributed by atoms with Crippen molar-refractivity contribution in [1.82, 2.24) is 0 Å². The van der Waals surface area contributed by atoms with Crippen LogP contribution in [0.5, 0.6) is 0 Å². The molecule has 1 saturated carbocycles. The summed E-state index contributed by atoms with van der Waals surface area (Å²) >= 11 is 0. The van der Waals surface area contributed by atoms with E-state index in [-0.39, 0.29) is 18.5 Å². The van der Waals surface area contributed by atoms with Crippen molar-refractivity contribution in [3.05, 3.63) is 0 Å². The summed E-state index contributed by atoms with van der Waals surface area (Å²) in [7, 11) is -1.77. The fourth-order valence-electron chi connectivity index (χ4n) is 6.22. The summed E-state index contributed by atoms with van der Waals surface area (Å²) in [4.78, 5) is 24.9. The lowest BCUT2D eigenvalue weighted by atomic mass is 9.99. The number of carbonyl (C=O) groups is 2. The van der Waals surface area contributed by atoms with E-state index in [2.05, 4.69) is 40.4 Å². The summed E-state index contributed by atoms with van der Waals surface area (Å²) in [6, 6.07) is 0. The third-order valence-corrected chi connectivity index (χ3v) is 10.7. The van der Waals surface area contributed by atoms with E-state index in [1.807, 2.05) is 0 Å². The molecule has 5 nitrogen and oxygen atoms in total. The van der Waals surface area contributed by atoms with Crippen molar-refractivity contribution in [3.8, 4) is 0 Å². The molecule has 1 rings (SSSR count). The molecule has 1 aliphatic rings. The predicted molar refractivity (Wildman–Crippen MR) is 193 cm³/mol. The molecule has 2 unspecified atom stereocenters. The highest BCUT2D eigenvalue weighted by Crippen LogP contribution is 2.45.